The topological polar surface area (TPSA) is 42.8 Å². The van der Waals surface area contributed by atoms with E-state index in [-0.39, 0.29) is 11.9 Å². The van der Waals surface area contributed by atoms with Crippen LogP contribution in [0.4, 0.5) is 0 Å². The third-order valence-corrected chi connectivity index (χ3v) is 3.97. The van der Waals surface area contributed by atoms with Crippen molar-refractivity contribution in [3.63, 3.8) is 0 Å². The zero-order chi connectivity index (χ0) is 15.1. The molecule has 0 aromatic heterocycles. The number of nitrogens with one attached hydrogen (secondary N) is 2. The predicted octanol–water partition coefficient (Wildman–Crippen LogP) is 1.02. The van der Waals surface area contributed by atoms with Crippen molar-refractivity contribution in [1.29, 1.82) is 0 Å². The summed E-state index contributed by atoms with van der Waals surface area (Å²) in [7, 11) is 0. The van der Waals surface area contributed by atoms with Gasteiger partial charge in [0.15, 0.2) is 0 Å². The maximum atomic E-state index is 12.1. The first-order valence-electron chi connectivity index (χ1n) is 8.00. The highest BCUT2D eigenvalue weighted by Gasteiger charge is 2.14. The second-order valence-electron chi connectivity index (χ2n) is 5.90. The standard InChI is InChI=1S/C17H26N2O2/c1-3-4-14(2)18-17(20)16-7-5-15(6-8-16)13-19-9-11-21-12-10-19/h5-8,14H,3-4,9-13H2,1-2H3,(H,18,20)/p+1/t14-/m0/s1. The Morgan fingerprint density at radius 3 is 2.57 bits per heavy atom. The fraction of sp³-hybridized carbons (Fsp3) is 0.588. The van der Waals surface area contributed by atoms with E-state index in [0.29, 0.717) is 0 Å². The monoisotopic (exact) mass is 291 g/mol. The van der Waals surface area contributed by atoms with E-state index in [4.69, 9.17) is 4.74 Å². The smallest absolute Gasteiger partial charge is 0.251 e. The van der Waals surface area contributed by atoms with Crippen LogP contribution in [0.3, 0.4) is 0 Å². The van der Waals surface area contributed by atoms with Crippen molar-refractivity contribution in [2.75, 3.05) is 26.3 Å². The van der Waals surface area contributed by atoms with Crippen LogP contribution in [0.2, 0.25) is 0 Å². The lowest BCUT2D eigenvalue weighted by molar-refractivity contribution is -0.921. The summed E-state index contributed by atoms with van der Waals surface area (Å²) in [6.07, 6.45) is 2.10. The molecule has 21 heavy (non-hydrogen) atoms. The molecule has 1 fully saturated rings. The van der Waals surface area contributed by atoms with E-state index >= 15 is 0 Å². The van der Waals surface area contributed by atoms with Crippen molar-refractivity contribution in [3.05, 3.63) is 35.4 Å². The van der Waals surface area contributed by atoms with Gasteiger partial charge < -0.3 is 15.0 Å². The third kappa shape index (κ3) is 5.14. The van der Waals surface area contributed by atoms with Crippen LogP contribution in [-0.4, -0.2) is 38.3 Å². The van der Waals surface area contributed by atoms with E-state index in [2.05, 4.69) is 31.3 Å². The molecule has 4 heteroatoms. The molecule has 0 unspecified atom stereocenters. The Kier molecular flexibility index (Phi) is 6.21. The Hall–Kier alpha value is -1.39. The minimum atomic E-state index is 0.0289. The Bertz CT molecular complexity index is 439. The van der Waals surface area contributed by atoms with Crippen LogP contribution in [0.1, 0.15) is 42.6 Å². The molecular weight excluding hydrogens is 264 g/mol. The summed E-state index contributed by atoms with van der Waals surface area (Å²) in [4.78, 5) is 13.6. The van der Waals surface area contributed by atoms with Crippen LogP contribution in [0.5, 0.6) is 0 Å². The molecular formula is C17H27N2O2+. The van der Waals surface area contributed by atoms with Crippen LogP contribution in [0.15, 0.2) is 24.3 Å². The van der Waals surface area contributed by atoms with Crippen LogP contribution in [0, 0.1) is 0 Å². The molecule has 1 heterocycles. The van der Waals surface area contributed by atoms with Crippen molar-refractivity contribution < 1.29 is 14.4 Å². The third-order valence-electron chi connectivity index (χ3n) is 3.97. The highest BCUT2D eigenvalue weighted by atomic mass is 16.5. The van der Waals surface area contributed by atoms with E-state index in [9.17, 15) is 4.79 Å². The molecule has 1 saturated heterocycles. The van der Waals surface area contributed by atoms with Crippen molar-refractivity contribution in [3.8, 4) is 0 Å². The lowest BCUT2D eigenvalue weighted by Crippen LogP contribution is -3.12. The molecule has 1 aliphatic rings. The largest absolute Gasteiger partial charge is 0.370 e. The SMILES string of the molecule is CCC[C@H](C)NC(=O)c1ccc(C[NH+]2CCOCC2)cc1. The molecule has 0 aliphatic carbocycles. The van der Waals surface area contributed by atoms with Crippen molar-refractivity contribution >= 4 is 5.91 Å². The summed E-state index contributed by atoms with van der Waals surface area (Å²) in [6.45, 7) is 9.03. The summed E-state index contributed by atoms with van der Waals surface area (Å²) in [5.74, 6) is 0.0289. The van der Waals surface area contributed by atoms with Gasteiger partial charge in [-0.05, 0) is 25.5 Å². The van der Waals surface area contributed by atoms with E-state index < -0.39 is 0 Å². The molecule has 1 aromatic carbocycles. The van der Waals surface area contributed by atoms with Gasteiger partial charge in [0.1, 0.15) is 19.6 Å². The minimum Gasteiger partial charge on any atom is -0.370 e. The second-order valence-corrected chi connectivity index (χ2v) is 5.90. The number of benzene rings is 1. The number of rotatable bonds is 6. The number of morpholine rings is 1. The van der Waals surface area contributed by atoms with Gasteiger partial charge in [0, 0.05) is 17.2 Å². The maximum Gasteiger partial charge on any atom is 0.251 e. The first kappa shape index (κ1) is 16.0. The van der Waals surface area contributed by atoms with Crippen molar-refractivity contribution in [2.45, 2.75) is 39.3 Å². The number of hydrogen-bond donors (Lipinski definition) is 2. The van der Waals surface area contributed by atoms with Gasteiger partial charge in [-0.3, -0.25) is 4.79 Å². The molecule has 0 saturated carbocycles. The summed E-state index contributed by atoms with van der Waals surface area (Å²) in [5, 5.41) is 3.04. The number of carbonyl (C=O) groups excluding carboxylic acids is 1. The normalized spacial score (nSPS) is 17.4. The number of carbonyl (C=O) groups is 1. The molecule has 1 amide bonds. The maximum absolute atomic E-state index is 12.1. The number of amides is 1. The minimum absolute atomic E-state index is 0.0289. The van der Waals surface area contributed by atoms with Gasteiger partial charge in [0.2, 0.25) is 0 Å². The van der Waals surface area contributed by atoms with Gasteiger partial charge in [-0.25, -0.2) is 0 Å². The van der Waals surface area contributed by atoms with E-state index in [0.717, 1.165) is 51.3 Å². The predicted molar refractivity (Wildman–Crippen MR) is 83.5 cm³/mol. The Balaban J connectivity index is 1.87. The van der Waals surface area contributed by atoms with Gasteiger partial charge in [-0.1, -0.05) is 25.5 Å². The summed E-state index contributed by atoms with van der Waals surface area (Å²) < 4.78 is 5.37. The average molecular weight is 291 g/mol. The van der Waals surface area contributed by atoms with Gasteiger partial charge in [-0.15, -0.1) is 0 Å². The van der Waals surface area contributed by atoms with Gasteiger partial charge in [-0.2, -0.15) is 0 Å². The zero-order valence-corrected chi connectivity index (χ0v) is 13.2. The summed E-state index contributed by atoms with van der Waals surface area (Å²) >= 11 is 0. The van der Waals surface area contributed by atoms with Gasteiger partial charge >= 0.3 is 0 Å². The first-order chi connectivity index (χ1) is 10.2. The van der Waals surface area contributed by atoms with Crippen LogP contribution in [0.25, 0.3) is 0 Å². The second kappa shape index (κ2) is 8.15. The molecule has 4 nitrogen and oxygen atoms in total. The van der Waals surface area contributed by atoms with E-state index in [1.165, 1.54) is 5.56 Å². The number of quaternary nitrogens is 1. The molecule has 0 bridgehead atoms. The van der Waals surface area contributed by atoms with Crippen molar-refractivity contribution in [1.82, 2.24) is 5.32 Å². The van der Waals surface area contributed by atoms with E-state index in [1.807, 2.05) is 12.1 Å². The molecule has 0 radical (unpaired) electrons. The highest BCUT2D eigenvalue weighted by Crippen LogP contribution is 2.05. The Morgan fingerprint density at radius 2 is 1.95 bits per heavy atom. The van der Waals surface area contributed by atoms with Crippen molar-refractivity contribution in [2.24, 2.45) is 0 Å². The van der Waals surface area contributed by atoms with Crippen LogP contribution >= 0.6 is 0 Å². The summed E-state index contributed by atoms with van der Waals surface area (Å²) in [5.41, 5.74) is 2.03. The lowest BCUT2D eigenvalue weighted by atomic mass is 10.1. The molecule has 0 spiro atoms. The van der Waals surface area contributed by atoms with Gasteiger partial charge in [0.25, 0.3) is 5.91 Å². The number of hydrogen-bond acceptors (Lipinski definition) is 2. The summed E-state index contributed by atoms with van der Waals surface area (Å²) in [6, 6.07) is 8.25. The highest BCUT2D eigenvalue weighted by molar-refractivity contribution is 5.94. The Morgan fingerprint density at radius 1 is 1.29 bits per heavy atom. The molecule has 1 aromatic rings. The van der Waals surface area contributed by atoms with E-state index in [1.54, 1.807) is 4.90 Å². The molecule has 2 N–H and O–H groups in total. The zero-order valence-electron chi connectivity index (χ0n) is 13.2. The molecule has 116 valence electrons. The van der Waals surface area contributed by atoms with Gasteiger partial charge in [0.05, 0.1) is 13.2 Å². The van der Waals surface area contributed by atoms with Crippen LogP contribution in [-0.2, 0) is 11.3 Å². The fourth-order valence-corrected chi connectivity index (χ4v) is 2.71. The average Bonchev–Trinajstić information content (AvgIpc) is 2.49. The first-order valence-corrected chi connectivity index (χ1v) is 8.00. The fourth-order valence-electron chi connectivity index (χ4n) is 2.71. The lowest BCUT2D eigenvalue weighted by Gasteiger charge is -2.23. The van der Waals surface area contributed by atoms with Crippen LogP contribution < -0.4 is 10.2 Å². The molecule has 1 aliphatic heterocycles. The molecule has 1 atom stereocenters. The Labute approximate surface area is 127 Å². The quantitative estimate of drug-likeness (QED) is 0.822. The molecule has 2 rings (SSSR count). The number of ether oxygens (including phenoxy) is 1.